The van der Waals surface area contributed by atoms with Crippen LogP contribution in [0.15, 0.2) is 83.5 Å². The first-order valence-electron chi connectivity index (χ1n) is 11.2. The van der Waals surface area contributed by atoms with E-state index >= 15 is 0 Å². The first-order valence-corrected chi connectivity index (χ1v) is 11.2. The van der Waals surface area contributed by atoms with Crippen LogP contribution in [0.25, 0.3) is 50.6 Å². The van der Waals surface area contributed by atoms with Gasteiger partial charge < -0.3 is 13.9 Å². The van der Waals surface area contributed by atoms with Gasteiger partial charge in [0.25, 0.3) is 0 Å². The van der Waals surface area contributed by atoms with E-state index in [1.165, 1.54) is 0 Å². The van der Waals surface area contributed by atoms with Crippen LogP contribution < -0.4 is 9.47 Å². The molecule has 0 bridgehead atoms. The lowest BCUT2D eigenvalue weighted by atomic mass is 9.99. The third-order valence-electron chi connectivity index (χ3n) is 6.15. The molecule has 0 fully saturated rings. The number of fused-ring (bicyclic) bond motifs is 3. The zero-order chi connectivity index (χ0) is 23.9. The lowest BCUT2D eigenvalue weighted by molar-refractivity contribution is 0.414. The maximum absolute atomic E-state index is 6.35. The summed E-state index contributed by atoms with van der Waals surface area (Å²) in [6, 6.07) is 23.7. The third kappa shape index (κ3) is 3.49. The average molecular weight is 463 g/mol. The van der Waals surface area contributed by atoms with Crippen LogP contribution in [0.5, 0.6) is 11.5 Å². The Hall–Kier alpha value is -4.65. The van der Waals surface area contributed by atoms with Crippen LogP contribution >= 0.6 is 0 Å². The van der Waals surface area contributed by atoms with E-state index in [2.05, 4.69) is 18.0 Å². The topological polar surface area (TPSA) is 74.7 Å². The summed E-state index contributed by atoms with van der Waals surface area (Å²) in [5.74, 6) is 2.90. The minimum atomic E-state index is 0.498. The van der Waals surface area contributed by atoms with E-state index in [0.29, 0.717) is 22.9 Å². The minimum Gasteiger partial charge on any atom is -0.497 e. The van der Waals surface area contributed by atoms with Crippen molar-refractivity contribution in [1.29, 1.82) is 0 Å². The van der Waals surface area contributed by atoms with Crippen molar-refractivity contribution in [1.82, 2.24) is 19.6 Å². The summed E-state index contributed by atoms with van der Waals surface area (Å²) in [5.41, 5.74) is 6.04. The van der Waals surface area contributed by atoms with Crippen LogP contribution in [0.4, 0.5) is 0 Å². The second-order valence-electron chi connectivity index (χ2n) is 8.21. The maximum Gasteiger partial charge on any atom is 0.232 e. The van der Waals surface area contributed by atoms with E-state index in [1.54, 1.807) is 25.1 Å². The quantitative estimate of drug-likeness (QED) is 0.304. The maximum atomic E-state index is 6.35. The molecule has 0 aliphatic carbocycles. The molecule has 0 N–H and O–H groups in total. The number of aromatic nitrogens is 4. The van der Waals surface area contributed by atoms with Gasteiger partial charge in [0, 0.05) is 16.7 Å². The molecule has 0 radical (unpaired) electrons. The van der Waals surface area contributed by atoms with Gasteiger partial charge in [-0.25, -0.2) is 14.5 Å². The fourth-order valence-electron chi connectivity index (χ4n) is 4.32. The minimum absolute atomic E-state index is 0.498. The predicted octanol–water partition coefficient (Wildman–Crippen LogP) is 6.20. The molecule has 3 heterocycles. The van der Waals surface area contributed by atoms with Crippen molar-refractivity contribution < 1.29 is 13.9 Å². The highest BCUT2D eigenvalue weighted by Gasteiger charge is 2.23. The van der Waals surface area contributed by atoms with Crippen molar-refractivity contribution in [2.45, 2.75) is 6.92 Å². The average Bonchev–Trinajstić information content (AvgIpc) is 3.51. The number of nitrogens with zero attached hydrogens (tertiary/aromatic N) is 4. The Kier molecular flexibility index (Phi) is 4.95. The van der Waals surface area contributed by atoms with E-state index in [9.17, 15) is 0 Å². The molecule has 0 unspecified atom stereocenters. The molecule has 0 spiro atoms. The number of benzene rings is 3. The van der Waals surface area contributed by atoms with Crippen LogP contribution in [0, 0.1) is 6.92 Å². The Balaban J connectivity index is 1.65. The smallest absolute Gasteiger partial charge is 0.232 e. The van der Waals surface area contributed by atoms with Gasteiger partial charge in [-0.1, -0.05) is 36.4 Å². The molecule has 3 aromatic carbocycles. The number of aryl methyl sites for hydroxylation is 1. The van der Waals surface area contributed by atoms with Gasteiger partial charge in [-0.05, 0) is 54.4 Å². The second kappa shape index (κ2) is 8.29. The van der Waals surface area contributed by atoms with E-state index < -0.39 is 0 Å². The summed E-state index contributed by atoms with van der Waals surface area (Å²) in [4.78, 5) is 9.52. The molecule has 172 valence electrons. The van der Waals surface area contributed by atoms with Crippen LogP contribution in [0.1, 0.15) is 5.56 Å². The van der Waals surface area contributed by atoms with E-state index in [0.717, 1.165) is 44.7 Å². The molecule has 0 aliphatic heterocycles. The normalized spacial score (nSPS) is 11.3. The molecule has 6 rings (SSSR count). The second-order valence-corrected chi connectivity index (χ2v) is 8.21. The van der Waals surface area contributed by atoms with Crippen molar-refractivity contribution in [2.75, 3.05) is 14.2 Å². The van der Waals surface area contributed by atoms with Crippen molar-refractivity contribution >= 4 is 16.7 Å². The SMILES string of the molecule is COc1ccc(-c2oc3ncn4nc(-c5ccccc5C)nc4c3c2-c2ccc(OC)cc2)cc1. The molecule has 6 aromatic rings. The molecular formula is C28H22N4O3. The highest BCUT2D eigenvalue weighted by atomic mass is 16.5. The van der Waals surface area contributed by atoms with Gasteiger partial charge >= 0.3 is 0 Å². The monoisotopic (exact) mass is 462 g/mol. The van der Waals surface area contributed by atoms with Crippen LogP contribution in [0.3, 0.4) is 0 Å². The number of methoxy groups -OCH3 is 2. The Labute approximate surface area is 201 Å². The van der Waals surface area contributed by atoms with E-state index in [1.807, 2.05) is 66.7 Å². The predicted molar refractivity (Wildman–Crippen MR) is 135 cm³/mol. The van der Waals surface area contributed by atoms with Crippen LogP contribution in [-0.4, -0.2) is 33.8 Å². The van der Waals surface area contributed by atoms with E-state index in [4.69, 9.17) is 24.0 Å². The number of furan rings is 1. The Bertz CT molecular complexity index is 1670. The van der Waals surface area contributed by atoms with E-state index in [-0.39, 0.29) is 0 Å². The first kappa shape index (κ1) is 20.9. The fraction of sp³-hybridized carbons (Fsp3) is 0.107. The Morgan fingerprint density at radius 3 is 2.11 bits per heavy atom. The molecule has 7 nitrogen and oxygen atoms in total. The van der Waals surface area contributed by atoms with Gasteiger partial charge in [0.2, 0.25) is 5.71 Å². The molecule has 0 atom stereocenters. The molecule has 0 saturated heterocycles. The molecule has 3 aromatic heterocycles. The highest BCUT2D eigenvalue weighted by molar-refractivity contribution is 6.07. The summed E-state index contributed by atoms with van der Waals surface area (Å²) in [5, 5.41) is 5.53. The number of hydrogen-bond acceptors (Lipinski definition) is 6. The van der Waals surface area contributed by atoms with Gasteiger partial charge in [0.15, 0.2) is 11.5 Å². The number of rotatable bonds is 5. The molecule has 35 heavy (non-hydrogen) atoms. The zero-order valence-corrected chi connectivity index (χ0v) is 19.5. The highest BCUT2D eigenvalue weighted by Crippen LogP contribution is 2.42. The third-order valence-corrected chi connectivity index (χ3v) is 6.15. The lowest BCUT2D eigenvalue weighted by Crippen LogP contribution is -1.91. The number of hydrogen-bond donors (Lipinski definition) is 0. The van der Waals surface area contributed by atoms with Crippen molar-refractivity contribution in [3.63, 3.8) is 0 Å². The van der Waals surface area contributed by atoms with Crippen molar-refractivity contribution in [2.24, 2.45) is 0 Å². The summed E-state index contributed by atoms with van der Waals surface area (Å²) in [6.45, 7) is 2.05. The molecule has 0 saturated carbocycles. The summed E-state index contributed by atoms with van der Waals surface area (Å²) in [6.07, 6.45) is 1.64. The molecule has 0 aliphatic rings. The lowest BCUT2D eigenvalue weighted by Gasteiger charge is -2.06. The largest absolute Gasteiger partial charge is 0.497 e. The van der Waals surface area contributed by atoms with Gasteiger partial charge in [0.05, 0.1) is 19.6 Å². The Morgan fingerprint density at radius 1 is 0.800 bits per heavy atom. The van der Waals surface area contributed by atoms with Gasteiger partial charge in [0.1, 0.15) is 23.6 Å². The van der Waals surface area contributed by atoms with Gasteiger partial charge in [-0.3, -0.25) is 0 Å². The summed E-state index contributed by atoms with van der Waals surface area (Å²) < 4.78 is 18.8. The number of ether oxygens (including phenoxy) is 2. The standard InChI is InChI=1S/C28H22N4O3/c1-17-6-4-5-7-22(17)26-30-27-24-23(18-8-12-20(33-2)13-9-18)25(19-10-14-21(34-3)15-11-19)35-28(24)29-16-32(27)31-26/h4-16H,1-3H3. The van der Waals surface area contributed by atoms with Crippen LogP contribution in [0.2, 0.25) is 0 Å². The molecule has 7 heteroatoms. The van der Waals surface area contributed by atoms with Crippen molar-refractivity contribution in [3.8, 4) is 45.3 Å². The fourth-order valence-corrected chi connectivity index (χ4v) is 4.32. The summed E-state index contributed by atoms with van der Waals surface area (Å²) >= 11 is 0. The molecule has 0 amide bonds. The van der Waals surface area contributed by atoms with Crippen molar-refractivity contribution in [3.05, 3.63) is 84.7 Å². The van der Waals surface area contributed by atoms with Gasteiger partial charge in [-0.15, -0.1) is 5.10 Å². The molecular weight excluding hydrogens is 440 g/mol. The van der Waals surface area contributed by atoms with Crippen LogP contribution in [-0.2, 0) is 0 Å². The zero-order valence-electron chi connectivity index (χ0n) is 19.5. The summed E-state index contributed by atoms with van der Waals surface area (Å²) in [7, 11) is 3.30. The first-order chi connectivity index (χ1) is 17.2. The van der Waals surface area contributed by atoms with Gasteiger partial charge in [-0.2, -0.15) is 0 Å². The Morgan fingerprint density at radius 2 is 1.46 bits per heavy atom.